The fourth-order valence-electron chi connectivity index (χ4n) is 5.90. The second kappa shape index (κ2) is 11.0. The van der Waals surface area contributed by atoms with E-state index in [1.165, 1.54) is 50.1 Å². The summed E-state index contributed by atoms with van der Waals surface area (Å²) in [7, 11) is 0. The number of aromatic nitrogens is 1. The van der Waals surface area contributed by atoms with E-state index in [0.29, 0.717) is 0 Å². The van der Waals surface area contributed by atoms with Crippen LogP contribution in [0.4, 0.5) is 0 Å². The van der Waals surface area contributed by atoms with E-state index in [4.69, 9.17) is 0 Å². The third-order valence-corrected chi connectivity index (χ3v) is 8.19. The Hall–Kier alpha value is -3.97. The molecule has 5 aromatic rings. The number of pyridine rings is 1. The lowest BCUT2D eigenvalue weighted by molar-refractivity contribution is 0.588. The van der Waals surface area contributed by atoms with Crippen LogP contribution in [-0.2, 0) is 16.2 Å². The van der Waals surface area contributed by atoms with E-state index in [0.717, 1.165) is 11.3 Å². The van der Waals surface area contributed by atoms with Crippen molar-refractivity contribution in [2.45, 2.75) is 78.6 Å². The molecular formula is C41H45N. The zero-order chi connectivity index (χ0) is 30.3. The smallest absolute Gasteiger partial charge is 0.0701 e. The maximum Gasteiger partial charge on any atom is 0.0701 e. The average molecular weight is 552 g/mol. The topological polar surface area (TPSA) is 12.9 Å². The highest BCUT2D eigenvalue weighted by Gasteiger charge is 2.27. The highest BCUT2D eigenvalue weighted by Crippen LogP contribution is 2.47. The lowest BCUT2D eigenvalue weighted by atomic mass is 9.74. The van der Waals surface area contributed by atoms with Crippen molar-refractivity contribution in [3.8, 4) is 44.6 Å². The monoisotopic (exact) mass is 551 g/mol. The van der Waals surface area contributed by atoms with Gasteiger partial charge < -0.3 is 0 Å². The number of rotatable bonds is 4. The fourth-order valence-corrected chi connectivity index (χ4v) is 5.90. The molecule has 0 aliphatic rings. The Morgan fingerprint density at radius 1 is 0.429 bits per heavy atom. The van der Waals surface area contributed by atoms with Crippen LogP contribution in [0.25, 0.3) is 44.6 Å². The first-order chi connectivity index (χ1) is 19.7. The Balaban J connectivity index is 1.91. The van der Waals surface area contributed by atoms with Crippen molar-refractivity contribution in [2.24, 2.45) is 0 Å². The molecule has 0 aliphatic carbocycles. The molecule has 1 nitrogen and oxygen atoms in total. The molecule has 0 fully saturated rings. The molecule has 0 saturated heterocycles. The van der Waals surface area contributed by atoms with Crippen LogP contribution in [0.2, 0.25) is 0 Å². The average Bonchev–Trinajstić information content (AvgIpc) is 2.96. The molecule has 0 spiro atoms. The molecule has 0 atom stereocenters. The molecule has 1 heteroatoms. The van der Waals surface area contributed by atoms with Crippen molar-refractivity contribution in [2.75, 3.05) is 0 Å². The maximum atomic E-state index is 4.60. The molecule has 0 amide bonds. The van der Waals surface area contributed by atoms with Crippen molar-refractivity contribution >= 4 is 0 Å². The van der Waals surface area contributed by atoms with E-state index >= 15 is 0 Å². The summed E-state index contributed by atoms with van der Waals surface area (Å²) in [6, 6.07) is 37.9. The van der Waals surface area contributed by atoms with Crippen molar-refractivity contribution in [1.82, 2.24) is 4.98 Å². The number of benzene rings is 4. The Morgan fingerprint density at radius 3 is 1.31 bits per heavy atom. The minimum Gasteiger partial charge on any atom is -0.256 e. The summed E-state index contributed by atoms with van der Waals surface area (Å²) >= 11 is 0. The standard InChI is InChI=1S/C41H45N/c1-39(2,3)30-26-33(31-16-10-12-18-35(31)40(4,5)6)38(29-23-21-28(22-24-29)37-20-14-15-25-42-37)34(27-30)32-17-11-13-19-36(32)41(7,8)9/h10-27H,1-9H3. The predicted molar refractivity (Wildman–Crippen MR) is 182 cm³/mol. The van der Waals surface area contributed by atoms with Gasteiger partial charge in [-0.2, -0.15) is 0 Å². The van der Waals surface area contributed by atoms with Crippen LogP contribution in [0, 0.1) is 0 Å². The van der Waals surface area contributed by atoms with Crippen LogP contribution in [0.1, 0.15) is 79.0 Å². The van der Waals surface area contributed by atoms with E-state index < -0.39 is 0 Å². The first-order valence-corrected chi connectivity index (χ1v) is 15.2. The van der Waals surface area contributed by atoms with E-state index in [2.05, 4.69) is 158 Å². The minimum absolute atomic E-state index is 0.00207. The number of hydrogen-bond donors (Lipinski definition) is 0. The molecule has 0 radical (unpaired) electrons. The lowest BCUT2D eigenvalue weighted by Crippen LogP contribution is -2.16. The van der Waals surface area contributed by atoms with Crippen LogP contribution in [-0.4, -0.2) is 4.98 Å². The highest BCUT2D eigenvalue weighted by atomic mass is 14.7. The van der Waals surface area contributed by atoms with Gasteiger partial charge in [0.1, 0.15) is 0 Å². The van der Waals surface area contributed by atoms with Crippen molar-refractivity contribution in [1.29, 1.82) is 0 Å². The lowest BCUT2D eigenvalue weighted by Gasteiger charge is -2.30. The molecule has 0 aliphatic heterocycles. The molecule has 1 aromatic heterocycles. The predicted octanol–water partition coefficient (Wildman–Crippen LogP) is 11.6. The van der Waals surface area contributed by atoms with E-state index in [9.17, 15) is 0 Å². The summed E-state index contributed by atoms with van der Waals surface area (Å²) in [6.45, 7) is 20.9. The molecule has 0 saturated carbocycles. The normalized spacial score (nSPS) is 12.4. The number of nitrogens with zero attached hydrogens (tertiary/aromatic N) is 1. The van der Waals surface area contributed by atoms with Crippen LogP contribution < -0.4 is 0 Å². The molecule has 0 bridgehead atoms. The summed E-state index contributed by atoms with van der Waals surface area (Å²) in [5, 5.41) is 0. The van der Waals surface area contributed by atoms with Gasteiger partial charge in [-0.1, -0.05) is 141 Å². The Morgan fingerprint density at radius 2 is 0.881 bits per heavy atom. The largest absolute Gasteiger partial charge is 0.256 e. The maximum absolute atomic E-state index is 4.60. The second-order valence-electron chi connectivity index (χ2n) is 14.6. The van der Waals surface area contributed by atoms with E-state index in [-0.39, 0.29) is 16.2 Å². The van der Waals surface area contributed by atoms with Gasteiger partial charge in [0.05, 0.1) is 5.69 Å². The van der Waals surface area contributed by atoms with E-state index in [1.807, 2.05) is 18.3 Å². The van der Waals surface area contributed by atoms with Gasteiger partial charge in [0.25, 0.3) is 0 Å². The van der Waals surface area contributed by atoms with Gasteiger partial charge in [-0.15, -0.1) is 0 Å². The summed E-state index contributed by atoms with van der Waals surface area (Å²) in [4.78, 5) is 4.60. The van der Waals surface area contributed by atoms with Crippen LogP contribution in [0.3, 0.4) is 0 Å². The van der Waals surface area contributed by atoms with Gasteiger partial charge in [0.15, 0.2) is 0 Å². The Labute approximate surface area is 253 Å². The summed E-state index contributed by atoms with van der Waals surface area (Å²) in [5.74, 6) is 0. The first-order valence-electron chi connectivity index (χ1n) is 15.2. The molecule has 0 N–H and O–H groups in total. The summed E-state index contributed by atoms with van der Waals surface area (Å²) in [6.07, 6.45) is 1.86. The van der Waals surface area contributed by atoms with Crippen LogP contribution in [0.5, 0.6) is 0 Å². The highest BCUT2D eigenvalue weighted by molar-refractivity contribution is 5.97. The van der Waals surface area contributed by atoms with Gasteiger partial charge in [-0.3, -0.25) is 4.98 Å². The first kappa shape index (κ1) is 29.5. The van der Waals surface area contributed by atoms with E-state index in [1.54, 1.807) is 0 Å². The minimum atomic E-state index is -0.0157. The summed E-state index contributed by atoms with van der Waals surface area (Å²) in [5.41, 5.74) is 13.8. The molecule has 0 unspecified atom stereocenters. The molecule has 5 rings (SSSR count). The van der Waals surface area contributed by atoms with Gasteiger partial charge >= 0.3 is 0 Å². The van der Waals surface area contributed by atoms with Gasteiger partial charge in [0, 0.05) is 11.8 Å². The molecule has 4 aromatic carbocycles. The third kappa shape index (κ3) is 5.97. The Bertz CT molecular complexity index is 1610. The van der Waals surface area contributed by atoms with Crippen LogP contribution >= 0.6 is 0 Å². The van der Waals surface area contributed by atoms with Crippen LogP contribution in [0.15, 0.2) is 109 Å². The zero-order valence-corrected chi connectivity index (χ0v) is 26.8. The van der Waals surface area contributed by atoms with Gasteiger partial charge in [0.2, 0.25) is 0 Å². The zero-order valence-electron chi connectivity index (χ0n) is 26.8. The SMILES string of the molecule is CC(C)(C)c1cc(-c2ccccc2C(C)(C)C)c(-c2ccc(-c3ccccn3)cc2)c(-c2ccccc2C(C)(C)C)c1. The van der Waals surface area contributed by atoms with Crippen molar-refractivity contribution in [3.05, 3.63) is 126 Å². The molecule has 1 heterocycles. The molecular weight excluding hydrogens is 506 g/mol. The van der Waals surface area contributed by atoms with Crippen molar-refractivity contribution in [3.63, 3.8) is 0 Å². The second-order valence-corrected chi connectivity index (χ2v) is 14.6. The molecule has 214 valence electrons. The van der Waals surface area contributed by atoms with Crippen molar-refractivity contribution < 1.29 is 0 Å². The number of hydrogen-bond acceptors (Lipinski definition) is 1. The third-order valence-electron chi connectivity index (χ3n) is 8.19. The molecule has 42 heavy (non-hydrogen) atoms. The van der Waals surface area contributed by atoms with Gasteiger partial charge in [-0.05, 0) is 90.6 Å². The van der Waals surface area contributed by atoms with Gasteiger partial charge in [-0.25, -0.2) is 0 Å². The Kier molecular flexibility index (Phi) is 7.75. The fraction of sp³-hybridized carbons (Fsp3) is 0.293. The quantitative estimate of drug-likeness (QED) is 0.216. The summed E-state index contributed by atoms with van der Waals surface area (Å²) < 4.78 is 0.